The molecule has 0 aromatic heterocycles. The number of aryl methyl sites for hydroxylation is 1. The number of amides is 1. The Morgan fingerprint density at radius 1 is 0.893 bits per heavy atom. The van der Waals surface area contributed by atoms with Crippen LogP contribution in [0.4, 0.5) is 0 Å². The Hall–Kier alpha value is -1.44. The lowest BCUT2D eigenvalue weighted by Crippen LogP contribution is -2.53. The van der Waals surface area contributed by atoms with Crippen molar-refractivity contribution in [2.45, 2.75) is 75.6 Å². The van der Waals surface area contributed by atoms with Crippen LogP contribution in [0.15, 0.2) is 29.2 Å². The van der Waals surface area contributed by atoms with Crippen LogP contribution in [0, 0.1) is 6.92 Å². The third-order valence-electron chi connectivity index (χ3n) is 5.87. The highest BCUT2D eigenvalue weighted by atomic mass is 32.2. The molecule has 2 aliphatic rings. The van der Waals surface area contributed by atoms with Crippen LogP contribution >= 0.6 is 0 Å². The molecular formula is C21H33N3O3S. The molecule has 1 aromatic rings. The largest absolute Gasteiger partial charge is 0.291 e. The first-order valence-electron chi connectivity index (χ1n) is 10.6. The lowest BCUT2D eigenvalue weighted by Gasteiger charge is -2.36. The molecule has 1 N–H and O–H groups in total. The summed E-state index contributed by atoms with van der Waals surface area (Å²) in [6.45, 7) is 3.55. The fourth-order valence-electron chi connectivity index (χ4n) is 4.17. The summed E-state index contributed by atoms with van der Waals surface area (Å²) in [6, 6.07) is 7.12. The van der Waals surface area contributed by atoms with Crippen molar-refractivity contribution in [3.8, 4) is 0 Å². The summed E-state index contributed by atoms with van der Waals surface area (Å²) >= 11 is 0. The highest BCUT2D eigenvalue weighted by molar-refractivity contribution is 7.89. The molecule has 0 bridgehead atoms. The summed E-state index contributed by atoms with van der Waals surface area (Å²) < 4.78 is 25.4. The lowest BCUT2D eigenvalue weighted by molar-refractivity contribution is -0.135. The Kier molecular flexibility index (Phi) is 7.48. The number of rotatable bonds is 4. The highest BCUT2D eigenvalue weighted by Gasteiger charge is 2.28. The summed E-state index contributed by atoms with van der Waals surface area (Å²) in [5.74, 6) is -0.155. The smallest absolute Gasteiger partial charge is 0.257 e. The van der Waals surface area contributed by atoms with Crippen molar-refractivity contribution in [3.63, 3.8) is 0 Å². The number of benzene rings is 1. The Morgan fingerprint density at radius 3 is 2.18 bits per heavy atom. The number of carbonyl (C=O) groups is 1. The second-order valence-corrected chi connectivity index (χ2v) is 9.79. The minimum absolute atomic E-state index is 0.155. The summed E-state index contributed by atoms with van der Waals surface area (Å²) in [7, 11) is -3.75. The van der Waals surface area contributed by atoms with Crippen molar-refractivity contribution in [1.82, 2.24) is 14.7 Å². The van der Waals surface area contributed by atoms with Gasteiger partial charge in [0.1, 0.15) is 0 Å². The van der Waals surface area contributed by atoms with Gasteiger partial charge in [-0.3, -0.25) is 14.7 Å². The first-order valence-corrected chi connectivity index (χ1v) is 12.1. The molecule has 7 heteroatoms. The summed E-state index contributed by atoms with van der Waals surface area (Å²) in [5, 5.41) is 1.31. The predicted molar refractivity (Wildman–Crippen MR) is 110 cm³/mol. The quantitative estimate of drug-likeness (QED) is 0.832. The van der Waals surface area contributed by atoms with Gasteiger partial charge in [0, 0.05) is 12.6 Å². The maximum Gasteiger partial charge on any atom is 0.257 e. The van der Waals surface area contributed by atoms with Crippen molar-refractivity contribution < 1.29 is 13.2 Å². The van der Waals surface area contributed by atoms with Gasteiger partial charge < -0.3 is 0 Å². The van der Waals surface area contributed by atoms with E-state index in [4.69, 9.17) is 0 Å². The molecule has 0 spiro atoms. The second kappa shape index (κ2) is 9.85. The Morgan fingerprint density at radius 2 is 1.50 bits per heavy atom. The Labute approximate surface area is 169 Å². The van der Waals surface area contributed by atoms with Gasteiger partial charge in [-0.25, -0.2) is 8.42 Å². The summed E-state index contributed by atoms with van der Waals surface area (Å²) in [4.78, 5) is 17.9. The number of nitrogens with zero attached hydrogens (tertiary/aromatic N) is 2. The molecule has 3 rings (SSSR count). The fraction of sp³-hybridized carbons (Fsp3) is 0.667. The maximum atomic E-state index is 12.9. The van der Waals surface area contributed by atoms with Crippen molar-refractivity contribution >= 4 is 15.9 Å². The van der Waals surface area contributed by atoms with Gasteiger partial charge in [0.15, 0.2) is 0 Å². The van der Waals surface area contributed by atoms with Gasteiger partial charge in [-0.2, -0.15) is 0 Å². The van der Waals surface area contributed by atoms with Crippen molar-refractivity contribution in [1.29, 1.82) is 0 Å². The number of hydrogen-bond acceptors (Lipinski definition) is 4. The molecule has 1 aromatic carbocycles. The van der Waals surface area contributed by atoms with Gasteiger partial charge in [0.05, 0.1) is 11.4 Å². The fourth-order valence-corrected chi connectivity index (χ4v) is 5.25. The van der Waals surface area contributed by atoms with Crippen molar-refractivity contribution in [2.75, 3.05) is 19.6 Å². The minimum atomic E-state index is -3.75. The predicted octanol–water partition coefficient (Wildman–Crippen LogP) is 3.23. The molecule has 6 nitrogen and oxygen atoms in total. The standard InChI is InChI=1S/C21H33N3O3S/c1-18-11-13-20(14-12-18)28(26,27)22-24-16-8-7-15-23(17-21(24)25)19-9-5-3-2-4-6-10-19/h11-14,19,22H,2-10,15-17H2,1H3. The summed E-state index contributed by atoms with van der Waals surface area (Å²) in [6.07, 6.45) is 10.4. The van der Waals surface area contributed by atoms with Crippen LogP contribution < -0.4 is 4.83 Å². The number of hydrazine groups is 1. The van der Waals surface area contributed by atoms with E-state index in [2.05, 4.69) is 9.73 Å². The topological polar surface area (TPSA) is 69.7 Å². The molecule has 28 heavy (non-hydrogen) atoms. The molecule has 0 unspecified atom stereocenters. The zero-order valence-electron chi connectivity index (χ0n) is 16.9. The van der Waals surface area contributed by atoms with E-state index in [9.17, 15) is 13.2 Å². The van der Waals surface area contributed by atoms with Gasteiger partial charge >= 0.3 is 0 Å². The molecule has 1 saturated heterocycles. The van der Waals surface area contributed by atoms with Gasteiger partial charge in [0.2, 0.25) is 0 Å². The number of carbonyl (C=O) groups excluding carboxylic acids is 1. The van der Waals surface area contributed by atoms with Crippen molar-refractivity contribution in [2.24, 2.45) is 0 Å². The average Bonchev–Trinajstić information content (AvgIpc) is 2.62. The molecular weight excluding hydrogens is 374 g/mol. The van der Waals surface area contributed by atoms with Gasteiger partial charge in [-0.15, -0.1) is 4.83 Å². The molecule has 0 atom stereocenters. The van der Waals surface area contributed by atoms with E-state index in [1.807, 2.05) is 6.92 Å². The average molecular weight is 408 g/mol. The van der Waals surface area contributed by atoms with Gasteiger partial charge in [-0.1, -0.05) is 49.8 Å². The van der Waals surface area contributed by atoms with E-state index in [-0.39, 0.29) is 10.8 Å². The van der Waals surface area contributed by atoms with E-state index in [1.54, 1.807) is 24.3 Å². The molecule has 1 amide bonds. The van der Waals surface area contributed by atoms with Crippen LogP contribution in [0.3, 0.4) is 0 Å². The second-order valence-electron chi connectivity index (χ2n) is 8.13. The molecule has 1 saturated carbocycles. The zero-order valence-corrected chi connectivity index (χ0v) is 17.7. The van der Waals surface area contributed by atoms with Crippen LogP contribution in [0.25, 0.3) is 0 Å². The SMILES string of the molecule is Cc1ccc(S(=O)(=O)NN2CCCCN(C3CCCCCCC3)CC2=O)cc1. The van der Waals surface area contributed by atoms with Gasteiger partial charge in [-0.05, 0) is 51.3 Å². The summed E-state index contributed by atoms with van der Waals surface area (Å²) in [5.41, 5.74) is 0.996. The van der Waals surface area contributed by atoms with Crippen LogP contribution in [-0.2, 0) is 14.8 Å². The molecule has 0 radical (unpaired) electrons. The maximum absolute atomic E-state index is 12.9. The number of hydrogen-bond donors (Lipinski definition) is 1. The third kappa shape index (κ3) is 5.78. The van der Waals surface area contributed by atoms with Crippen LogP contribution in [0.2, 0.25) is 0 Å². The van der Waals surface area contributed by atoms with E-state index < -0.39 is 10.0 Å². The molecule has 1 heterocycles. The van der Waals surface area contributed by atoms with Crippen LogP contribution in [-0.4, -0.2) is 49.9 Å². The van der Waals surface area contributed by atoms with Crippen LogP contribution in [0.1, 0.15) is 63.4 Å². The number of sulfonamides is 1. The first kappa shape index (κ1) is 21.3. The zero-order chi connectivity index (χ0) is 20.0. The molecule has 156 valence electrons. The molecule has 2 fully saturated rings. The highest BCUT2D eigenvalue weighted by Crippen LogP contribution is 2.23. The minimum Gasteiger partial charge on any atom is -0.291 e. The Bertz CT molecular complexity index is 741. The molecule has 1 aliphatic heterocycles. The number of nitrogens with one attached hydrogen (secondary N) is 1. The third-order valence-corrected chi connectivity index (χ3v) is 7.22. The van der Waals surface area contributed by atoms with E-state index in [1.165, 1.54) is 37.1 Å². The first-order chi connectivity index (χ1) is 13.5. The van der Waals surface area contributed by atoms with E-state index >= 15 is 0 Å². The van der Waals surface area contributed by atoms with Crippen molar-refractivity contribution in [3.05, 3.63) is 29.8 Å². The normalized spacial score (nSPS) is 21.6. The monoisotopic (exact) mass is 407 g/mol. The van der Waals surface area contributed by atoms with E-state index in [0.29, 0.717) is 19.1 Å². The van der Waals surface area contributed by atoms with E-state index in [0.717, 1.165) is 37.8 Å². The van der Waals surface area contributed by atoms with Crippen LogP contribution in [0.5, 0.6) is 0 Å². The van der Waals surface area contributed by atoms with Gasteiger partial charge in [0.25, 0.3) is 15.9 Å². The Balaban J connectivity index is 1.67. The molecule has 1 aliphatic carbocycles. The lowest BCUT2D eigenvalue weighted by atomic mass is 9.95.